The summed E-state index contributed by atoms with van der Waals surface area (Å²) in [6.45, 7) is 2.10. The molecule has 0 aliphatic heterocycles. The minimum atomic E-state index is -2.67. The largest absolute Gasteiger partial charge is 0.423 e. The molecule has 0 aromatic heterocycles. The Morgan fingerprint density at radius 2 is 1.85 bits per heavy atom. The van der Waals surface area contributed by atoms with Crippen LogP contribution in [0.25, 0.3) is 0 Å². The summed E-state index contributed by atoms with van der Waals surface area (Å²) < 4.78 is 49.8. The normalized spacial score (nSPS) is 31.0. The van der Waals surface area contributed by atoms with Crippen LogP contribution >= 0.6 is 0 Å². The highest BCUT2D eigenvalue weighted by Crippen LogP contribution is 2.48. The van der Waals surface area contributed by atoms with E-state index in [-0.39, 0.29) is 11.3 Å². The van der Waals surface area contributed by atoms with Crippen LogP contribution in [0.5, 0.6) is 0 Å². The number of hydrogen-bond acceptors (Lipinski definition) is 2. The Bertz CT molecular complexity index is 720. The summed E-state index contributed by atoms with van der Waals surface area (Å²) in [6, 6.07) is 8.11. The molecule has 0 amide bonds. The SMILES string of the molecule is CCC[C@H]1CC[C@H](C2(F)C(F)=CC(OC(=O)c3ccccc3)=CC2F)CC1. The molecule has 1 aromatic carbocycles. The number of halogens is 3. The van der Waals surface area contributed by atoms with E-state index >= 15 is 4.39 Å². The summed E-state index contributed by atoms with van der Waals surface area (Å²) in [5.74, 6) is -2.39. The molecule has 5 heteroatoms. The molecule has 0 radical (unpaired) electrons. The molecule has 0 bridgehead atoms. The van der Waals surface area contributed by atoms with Gasteiger partial charge in [0.05, 0.1) is 5.56 Å². The first-order valence-electron chi connectivity index (χ1n) is 9.64. The molecule has 0 N–H and O–H groups in total. The molecule has 2 aliphatic carbocycles. The van der Waals surface area contributed by atoms with E-state index in [0.29, 0.717) is 18.8 Å². The van der Waals surface area contributed by atoms with E-state index in [1.807, 2.05) is 0 Å². The van der Waals surface area contributed by atoms with Gasteiger partial charge in [-0.2, -0.15) is 0 Å². The Labute approximate surface area is 158 Å². The van der Waals surface area contributed by atoms with Gasteiger partial charge in [-0.15, -0.1) is 0 Å². The van der Waals surface area contributed by atoms with Crippen molar-refractivity contribution in [3.8, 4) is 0 Å². The molecule has 0 saturated heterocycles. The first-order chi connectivity index (χ1) is 12.9. The number of benzene rings is 1. The highest BCUT2D eigenvalue weighted by molar-refractivity contribution is 5.90. The predicted molar refractivity (Wildman–Crippen MR) is 98.2 cm³/mol. The zero-order valence-electron chi connectivity index (χ0n) is 15.5. The van der Waals surface area contributed by atoms with Crippen molar-refractivity contribution in [1.82, 2.24) is 0 Å². The molecule has 3 rings (SSSR count). The molecule has 0 heterocycles. The van der Waals surface area contributed by atoms with Crippen molar-refractivity contribution in [1.29, 1.82) is 0 Å². The lowest BCUT2D eigenvalue weighted by atomic mass is 9.70. The van der Waals surface area contributed by atoms with Crippen LogP contribution in [0.2, 0.25) is 0 Å². The van der Waals surface area contributed by atoms with Gasteiger partial charge in [0.1, 0.15) is 11.6 Å². The van der Waals surface area contributed by atoms with Crippen LogP contribution < -0.4 is 0 Å². The first kappa shape index (κ1) is 19.7. The highest BCUT2D eigenvalue weighted by Gasteiger charge is 2.52. The number of allylic oxidation sites excluding steroid dienone is 3. The number of hydrogen-bond donors (Lipinski definition) is 0. The van der Waals surface area contributed by atoms with Gasteiger partial charge in [-0.3, -0.25) is 0 Å². The second kappa shape index (κ2) is 8.32. The fourth-order valence-electron chi connectivity index (χ4n) is 4.18. The molecule has 1 aromatic rings. The molecular weight excluding hydrogens is 353 g/mol. The number of rotatable bonds is 5. The summed E-state index contributed by atoms with van der Waals surface area (Å²) in [7, 11) is 0. The van der Waals surface area contributed by atoms with Gasteiger partial charge in [-0.25, -0.2) is 18.0 Å². The van der Waals surface area contributed by atoms with E-state index in [9.17, 15) is 13.6 Å². The monoisotopic (exact) mass is 378 g/mol. The van der Waals surface area contributed by atoms with E-state index in [4.69, 9.17) is 4.74 Å². The number of esters is 1. The Kier molecular flexibility index (Phi) is 6.08. The quantitative estimate of drug-likeness (QED) is 0.566. The summed E-state index contributed by atoms with van der Waals surface area (Å²) >= 11 is 0. The maximum absolute atomic E-state index is 15.4. The Hall–Kier alpha value is -2.04. The zero-order valence-corrected chi connectivity index (χ0v) is 15.5. The van der Waals surface area contributed by atoms with E-state index < -0.39 is 29.6 Å². The second-order valence-corrected chi connectivity index (χ2v) is 7.49. The highest BCUT2D eigenvalue weighted by atomic mass is 19.2. The maximum atomic E-state index is 15.4. The van der Waals surface area contributed by atoms with E-state index in [1.165, 1.54) is 12.1 Å². The molecule has 2 nitrogen and oxygen atoms in total. The fourth-order valence-corrected chi connectivity index (χ4v) is 4.18. The summed E-state index contributed by atoms with van der Waals surface area (Å²) in [5, 5.41) is 0. The minimum absolute atomic E-state index is 0.258. The lowest BCUT2D eigenvalue weighted by Gasteiger charge is -2.40. The lowest BCUT2D eigenvalue weighted by Crippen LogP contribution is -2.45. The standard InChI is InChI=1S/C22H25F3O2/c1-2-6-15-9-11-17(12-10-15)22(25)19(23)13-18(14-20(22)24)27-21(26)16-7-4-3-5-8-16/h3-5,7-8,13-15,17,19H,2,6,9-12H2,1H3/t15-,17-,19?,22?. The first-order valence-corrected chi connectivity index (χ1v) is 9.64. The lowest BCUT2D eigenvalue weighted by molar-refractivity contribution is 0.000809. The average Bonchev–Trinajstić information content (AvgIpc) is 2.67. The van der Waals surface area contributed by atoms with Gasteiger partial charge in [-0.1, -0.05) is 50.8 Å². The van der Waals surface area contributed by atoms with Crippen molar-refractivity contribution in [3.63, 3.8) is 0 Å². The van der Waals surface area contributed by atoms with Crippen LogP contribution in [-0.2, 0) is 4.74 Å². The van der Waals surface area contributed by atoms with Gasteiger partial charge >= 0.3 is 5.97 Å². The number of ether oxygens (including phenoxy) is 1. The van der Waals surface area contributed by atoms with Crippen LogP contribution in [0.15, 0.2) is 54.1 Å². The third-order valence-electron chi connectivity index (χ3n) is 5.70. The van der Waals surface area contributed by atoms with Crippen molar-refractivity contribution in [2.24, 2.45) is 11.8 Å². The Morgan fingerprint density at radius 1 is 1.19 bits per heavy atom. The van der Waals surface area contributed by atoms with Crippen molar-refractivity contribution >= 4 is 5.97 Å². The fraction of sp³-hybridized carbons (Fsp3) is 0.500. The predicted octanol–water partition coefficient (Wildman–Crippen LogP) is 6.25. The average molecular weight is 378 g/mol. The number of carbonyl (C=O) groups excluding carboxylic acids is 1. The summed E-state index contributed by atoms with van der Waals surface area (Å²) in [5.41, 5.74) is -2.41. The molecular formula is C22H25F3O2. The molecule has 1 fully saturated rings. The Morgan fingerprint density at radius 3 is 2.44 bits per heavy atom. The molecule has 2 atom stereocenters. The zero-order chi connectivity index (χ0) is 19.4. The topological polar surface area (TPSA) is 26.3 Å². The molecule has 146 valence electrons. The van der Waals surface area contributed by atoms with Crippen LogP contribution in [0.3, 0.4) is 0 Å². The van der Waals surface area contributed by atoms with Crippen molar-refractivity contribution in [3.05, 3.63) is 59.6 Å². The number of carbonyl (C=O) groups is 1. The molecule has 2 aliphatic rings. The third kappa shape index (κ3) is 4.12. The van der Waals surface area contributed by atoms with E-state index in [0.717, 1.165) is 37.8 Å². The van der Waals surface area contributed by atoms with Gasteiger partial charge in [0.2, 0.25) is 0 Å². The minimum Gasteiger partial charge on any atom is -0.423 e. The van der Waals surface area contributed by atoms with Crippen LogP contribution in [0, 0.1) is 11.8 Å². The molecule has 0 spiro atoms. The van der Waals surface area contributed by atoms with Crippen LogP contribution in [-0.4, -0.2) is 17.8 Å². The smallest absolute Gasteiger partial charge is 0.343 e. The third-order valence-corrected chi connectivity index (χ3v) is 5.70. The van der Waals surface area contributed by atoms with Crippen LogP contribution in [0.1, 0.15) is 55.8 Å². The van der Waals surface area contributed by atoms with Gasteiger partial charge in [0.15, 0.2) is 11.8 Å². The summed E-state index contributed by atoms with van der Waals surface area (Å²) in [4.78, 5) is 12.1. The van der Waals surface area contributed by atoms with E-state index in [1.54, 1.807) is 18.2 Å². The number of alkyl halides is 2. The van der Waals surface area contributed by atoms with Crippen molar-refractivity contribution < 1.29 is 22.7 Å². The summed E-state index contributed by atoms with van der Waals surface area (Å²) in [6.07, 6.45) is 4.18. The van der Waals surface area contributed by atoms with Crippen molar-refractivity contribution in [2.45, 2.75) is 57.3 Å². The van der Waals surface area contributed by atoms with E-state index in [2.05, 4.69) is 6.92 Å². The van der Waals surface area contributed by atoms with Crippen LogP contribution in [0.4, 0.5) is 13.2 Å². The van der Waals surface area contributed by atoms with Gasteiger partial charge in [-0.05, 0) is 37.0 Å². The maximum Gasteiger partial charge on any atom is 0.343 e. The molecule has 27 heavy (non-hydrogen) atoms. The van der Waals surface area contributed by atoms with Gasteiger partial charge in [0, 0.05) is 12.0 Å². The van der Waals surface area contributed by atoms with Gasteiger partial charge < -0.3 is 4.74 Å². The van der Waals surface area contributed by atoms with Crippen molar-refractivity contribution in [2.75, 3.05) is 0 Å². The molecule has 1 saturated carbocycles. The molecule has 2 unspecified atom stereocenters. The second-order valence-electron chi connectivity index (χ2n) is 7.49. The Balaban J connectivity index is 1.69. The van der Waals surface area contributed by atoms with Gasteiger partial charge in [0.25, 0.3) is 0 Å².